The lowest BCUT2D eigenvalue weighted by molar-refractivity contribution is 0.519. The first-order valence-corrected chi connectivity index (χ1v) is 8.78. The van der Waals surface area contributed by atoms with Crippen molar-refractivity contribution in [3.8, 4) is 0 Å². The molecule has 2 rings (SSSR count). The van der Waals surface area contributed by atoms with Crippen LogP contribution in [0.15, 0.2) is 27.6 Å². The first kappa shape index (κ1) is 17.1. The number of aromatic nitrogens is 2. The van der Waals surface area contributed by atoms with Crippen molar-refractivity contribution in [2.24, 2.45) is 0 Å². The summed E-state index contributed by atoms with van der Waals surface area (Å²) >= 11 is 3.21. The lowest BCUT2D eigenvalue weighted by Crippen LogP contribution is -2.23. The molecule has 120 valence electrons. The Morgan fingerprint density at radius 1 is 1.32 bits per heavy atom. The van der Waals surface area contributed by atoms with E-state index in [0.29, 0.717) is 21.4 Å². The van der Waals surface area contributed by atoms with Crippen molar-refractivity contribution in [1.82, 2.24) is 14.1 Å². The highest BCUT2D eigenvalue weighted by atomic mass is 79.9. The van der Waals surface area contributed by atoms with Crippen LogP contribution >= 0.6 is 15.9 Å². The van der Waals surface area contributed by atoms with Gasteiger partial charge >= 0.3 is 0 Å². The molecule has 8 heteroatoms. The van der Waals surface area contributed by atoms with Crippen LogP contribution in [0.2, 0.25) is 0 Å². The van der Waals surface area contributed by atoms with Gasteiger partial charge in [0.15, 0.2) is 0 Å². The summed E-state index contributed by atoms with van der Waals surface area (Å²) in [6, 6.07) is 4.76. The summed E-state index contributed by atoms with van der Waals surface area (Å²) in [5, 5.41) is 4.25. The molecule has 0 radical (unpaired) electrons. The number of hydrogen-bond acceptors (Lipinski definition) is 3. The third kappa shape index (κ3) is 3.09. The van der Waals surface area contributed by atoms with Crippen molar-refractivity contribution >= 4 is 26.0 Å². The second kappa shape index (κ2) is 6.10. The smallest absolute Gasteiger partial charge is 0.246 e. The van der Waals surface area contributed by atoms with E-state index in [1.165, 1.54) is 24.8 Å². The fourth-order valence-corrected chi connectivity index (χ4v) is 3.79. The number of sulfonamides is 1. The first-order valence-electron chi connectivity index (χ1n) is 6.55. The summed E-state index contributed by atoms with van der Waals surface area (Å²) in [6.45, 7) is 3.49. The van der Waals surface area contributed by atoms with Crippen molar-refractivity contribution in [3.05, 3.63) is 45.4 Å². The fraction of sp³-hybridized carbons (Fsp3) is 0.357. The predicted molar refractivity (Wildman–Crippen MR) is 85.8 cm³/mol. The molecular weight excluding hydrogens is 373 g/mol. The van der Waals surface area contributed by atoms with Gasteiger partial charge in [-0.1, -0.05) is 22.0 Å². The van der Waals surface area contributed by atoms with Gasteiger partial charge in [0, 0.05) is 24.1 Å². The maximum absolute atomic E-state index is 13.9. The molecular formula is C14H17BrFN3O2S. The third-order valence-electron chi connectivity index (χ3n) is 3.39. The van der Waals surface area contributed by atoms with Crippen LogP contribution in [0.4, 0.5) is 4.39 Å². The summed E-state index contributed by atoms with van der Waals surface area (Å²) in [5.41, 5.74) is 1.35. The molecule has 0 amide bonds. The predicted octanol–water partition coefficient (Wildman–Crippen LogP) is 2.70. The highest BCUT2D eigenvalue weighted by Gasteiger charge is 2.26. The van der Waals surface area contributed by atoms with Gasteiger partial charge in [-0.15, -0.1) is 0 Å². The van der Waals surface area contributed by atoms with Crippen LogP contribution < -0.4 is 0 Å². The zero-order valence-corrected chi connectivity index (χ0v) is 15.2. The maximum atomic E-state index is 13.9. The van der Waals surface area contributed by atoms with E-state index in [0.717, 1.165) is 4.31 Å². The number of benzene rings is 1. The van der Waals surface area contributed by atoms with Crippen molar-refractivity contribution in [2.75, 3.05) is 14.1 Å². The Morgan fingerprint density at radius 2 is 1.95 bits per heavy atom. The molecule has 0 spiro atoms. The lowest BCUT2D eigenvalue weighted by atomic mass is 10.2. The van der Waals surface area contributed by atoms with Gasteiger partial charge in [0.1, 0.15) is 10.7 Å². The molecule has 0 fully saturated rings. The van der Waals surface area contributed by atoms with E-state index in [4.69, 9.17) is 0 Å². The summed E-state index contributed by atoms with van der Waals surface area (Å²) in [7, 11) is -0.633. The molecule has 0 unspecified atom stereocenters. The van der Waals surface area contributed by atoms with Gasteiger partial charge in [-0.05, 0) is 26.0 Å². The average Bonchev–Trinajstić information content (AvgIpc) is 2.68. The van der Waals surface area contributed by atoms with E-state index in [2.05, 4.69) is 21.0 Å². The SMILES string of the molecule is Cc1nn(Cc2ccc(Br)cc2F)c(C)c1S(=O)(=O)N(C)C. The Balaban J connectivity index is 2.47. The molecule has 1 aromatic carbocycles. The summed E-state index contributed by atoms with van der Waals surface area (Å²) < 4.78 is 41.9. The minimum atomic E-state index is -3.58. The molecule has 2 aromatic rings. The van der Waals surface area contributed by atoms with E-state index in [1.54, 1.807) is 26.0 Å². The summed E-state index contributed by atoms with van der Waals surface area (Å²) in [4.78, 5) is 0.176. The number of nitrogens with zero attached hydrogens (tertiary/aromatic N) is 3. The number of rotatable bonds is 4. The highest BCUT2D eigenvalue weighted by molar-refractivity contribution is 9.10. The topological polar surface area (TPSA) is 55.2 Å². The second-order valence-corrected chi connectivity index (χ2v) is 8.19. The van der Waals surface area contributed by atoms with Crippen LogP contribution in [-0.2, 0) is 16.6 Å². The van der Waals surface area contributed by atoms with Crippen LogP contribution in [0.3, 0.4) is 0 Å². The van der Waals surface area contributed by atoms with E-state index in [1.807, 2.05) is 0 Å². The lowest BCUT2D eigenvalue weighted by Gasteiger charge is -2.12. The molecule has 1 heterocycles. The highest BCUT2D eigenvalue weighted by Crippen LogP contribution is 2.23. The van der Waals surface area contributed by atoms with Gasteiger partial charge in [-0.2, -0.15) is 5.10 Å². The van der Waals surface area contributed by atoms with Crippen LogP contribution in [0.5, 0.6) is 0 Å². The molecule has 0 saturated carbocycles. The van der Waals surface area contributed by atoms with Crippen LogP contribution in [0, 0.1) is 19.7 Å². The van der Waals surface area contributed by atoms with E-state index in [-0.39, 0.29) is 17.3 Å². The Labute approximate surface area is 137 Å². The average molecular weight is 390 g/mol. The minimum Gasteiger partial charge on any atom is -0.264 e. The third-order valence-corrected chi connectivity index (χ3v) is 5.95. The fourth-order valence-electron chi connectivity index (χ4n) is 2.20. The monoisotopic (exact) mass is 389 g/mol. The molecule has 0 atom stereocenters. The first-order chi connectivity index (χ1) is 10.1. The summed E-state index contributed by atoms with van der Waals surface area (Å²) in [5.74, 6) is -0.362. The van der Waals surface area contributed by atoms with Crippen molar-refractivity contribution in [2.45, 2.75) is 25.3 Å². The molecule has 0 saturated heterocycles. The standard InChI is InChI=1S/C14H17BrFN3O2S/c1-9-14(22(20,21)18(3)4)10(2)19(17-9)8-11-5-6-12(15)7-13(11)16/h5-7H,8H2,1-4H3. The Bertz CT molecular complexity index is 816. The molecule has 1 aromatic heterocycles. The van der Waals surface area contributed by atoms with Gasteiger partial charge in [0.2, 0.25) is 10.0 Å². The Morgan fingerprint density at radius 3 is 2.50 bits per heavy atom. The second-order valence-electron chi connectivity index (χ2n) is 5.18. The number of hydrogen-bond donors (Lipinski definition) is 0. The van der Waals surface area contributed by atoms with Gasteiger partial charge in [0.05, 0.1) is 17.9 Å². The Hall–Kier alpha value is -1.25. The largest absolute Gasteiger partial charge is 0.264 e. The molecule has 0 bridgehead atoms. The van der Waals surface area contributed by atoms with Crippen LogP contribution in [-0.4, -0.2) is 36.6 Å². The van der Waals surface area contributed by atoms with E-state index < -0.39 is 10.0 Å². The molecule has 0 aliphatic carbocycles. The van der Waals surface area contributed by atoms with Gasteiger partial charge < -0.3 is 0 Å². The van der Waals surface area contributed by atoms with Crippen molar-refractivity contribution < 1.29 is 12.8 Å². The maximum Gasteiger partial charge on any atom is 0.246 e. The van der Waals surface area contributed by atoms with Gasteiger partial charge in [-0.3, -0.25) is 4.68 Å². The molecule has 5 nitrogen and oxygen atoms in total. The quantitative estimate of drug-likeness (QED) is 0.807. The van der Waals surface area contributed by atoms with Crippen LogP contribution in [0.25, 0.3) is 0 Å². The van der Waals surface area contributed by atoms with Crippen molar-refractivity contribution in [3.63, 3.8) is 0 Å². The van der Waals surface area contributed by atoms with E-state index >= 15 is 0 Å². The van der Waals surface area contributed by atoms with Crippen LogP contribution in [0.1, 0.15) is 17.0 Å². The molecule has 0 N–H and O–H groups in total. The van der Waals surface area contributed by atoms with Gasteiger partial charge in [0.25, 0.3) is 0 Å². The normalized spacial score (nSPS) is 12.1. The molecule has 0 aliphatic rings. The summed E-state index contributed by atoms with van der Waals surface area (Å²) in [6.07, 6.45) is 0. The van der Waals surface area contributed by atoms with E-state index in [9.17, 15) is 12.8 Å². The molecule has 0 aliphatic heterocycles. The minimum absolute atomic E-state index is 0.175. The zero-order chi connectivity index (χ0) is 16.7. The zero-order valence-electron chi connectivity index (χ0n) is 12.8. The molecule has 22 heavy (non-hydrogen) atoms. The Kier molecular flexibility index (Phi) is 4.74. The number of halogens is 2. The van der Waals surface area contributed by atoms with Crippen molar-refractivity contribution in [1.29, 1.82) is 0 Å². The number of aryl methyl sites for hydroxylation is 1. The van der Waals surface area contributed by atoms with Gasteiger partial charge in [-0.25, -0.2) is 17.1 Å².